The number of nitro groups is 1. The highest BCUT2D eigenvalue weighted by molar-refractivity contribution is 7.92. The average Bonchev–Trinajstić information content (AvgIpc) is 2.71. The van der Waals surface area contributed by atoms with Gasteiger partial charge in [-0.1, -0.05) is 12.1 Å². The van der Waals surface area contributed by atoms with Gasteiger partial charge >= 0.3 is 0 Å². The molecule has 8 heteroatoms. The second-order valence-corrected chi connectivity index (χ2v) is 7.41. The van der Waals surface area contributed by atoms with E-state index in [4.69, 9.17) is 0 Å². The fourth-order valence-corrected chi connectivity index (χ4v) is 2.74. The summed E-state index contributed by atoms with van der Waals surface area (Å²) in [6, 6.07) is 5.17. The molecule has 1 heterocycles. The number of hydrogen-bond donors (Lipinski definition) is 2. The molecule has 0 aliphatic carbocycles. The van der Waals surface area contributed by atoms with Gasteiger partial charge in [-0.3, -0.25) is 14.8 Å². The zero-order chi connectivity index (χ0) is 15.8. The molecule has 7 nitrogen and oxygen atoms in total. The first-order chi connectivity index (χ1) is 9.60. The van der Waals surface area contributed by atoms with Crippen molar-refractivity contribution in [2.24, 2.45) is 0 Å². The Morgan fingerprint density at radius 2 is 2.05 bits per heavy atom. The van der Waals surface area contributed by atoms with Gasteiger partial charge in [-0.2, -0.15) is 0 Å². The van der Waals surface area contributed by atoms with E-state index in [1.54, 1.807) is 32.2 Å². The summed E-state index contributed by atoms with van der Waals surface area (Å²) in [4.78, 5) is 13.7. The number of fused-ring (bicyclic) bond motifs is 1. The first-order valence-electron chi connectivity index (χ1n) is 6.31. The Morgan fingerprint density at radius 3 is 2.62 bits per heavy atom. The predicted octanol–water partition coefficient (Wildman–Crippen LogP) is 2.14. The molecule has 0 saturated heterocycles. The first kappa shape index (κ1) is 15.3. The van der Waals surface area contributed by atoms with Gasteiger partial charge in [0.05, 0.1) is 17.5 Å². The van der Waals surface area contributed by atoms with Crippen molar-refractivity contribution in [3.8, 4) is 0 Å². The van der Waals surface area contributed by atoms with Gasteiger partial charge < -0.3 is 4.98 Å². The van der Waals surface area contributed by atoms with Crippen molar-refractivity contribution in [2.75, 3.05) is 11.0 Å². The van der Waals surface area contributed by atoms with Gasteiger partial charge in [-0.05, 0) is 11.6 Å². The van der Waals surface area contributed by atoms with Crippen molar-refractivity contribution >= 4 is 26.6 Å². The summed E-state index contributed by atoms with van der Waals surface area (Å²) in [5.74, 6) is 0. The quantitative estimate of drug-likeness (QED) is 0.651. The molecule has 0 saturated carbocycles. The Labute approximate surface area is 122 Å². The van der Waals surface area contributed by atoms with E-state index in [9.17, 15) is 18.5 Å². The molecule has 0 unspecified atom stereocenters. The Kier molecular flexibility index (Phi) is 3.66. The standard InChI is InChI=1S/C13H17N3O4S/c1-13(2,16(17)18)7-9-8-14-12-10(9)5-4-6-11(12)15-21(3,19)20/h4-6,8,14-15H,7H2,1-3H3. The summed E-state index contributed by atoms with van der Waals surface area (Å²) < 4.78 is 25.1. The molecule has 2 aromatic rings. The third-order valence-corrected chi connectivity index (χ3v) is 3.80. The normalized spacial score (nSPS) is 12.5. The maximum atomic E-state index is 11.4. The lowest BCUT2D eigenvalue weighted by atomic mass is 9.95. The molecule has 0 fully saturated rings. The average molecular weight is 311 g/mol. The van der Waals surface area contributed by atoms with Crippen LogP contribution in [0.3, 0.4) is 0 Å². The number of nitrogens with zero attached hydrogens (tertiary/aromatic N) is 1. The fourth-order valence-electron chi connectivity index (χ4n) is 2.17. The van der Waals surface area contributed by atoms with Crippen molar-refractivity contribution < 1.29 is 13.3 Å². The molecule has 0 aliphatic rings. The largest absolute Gasteiger partial charge is 0.359 e. The molecule has 114 valence electrons. The van der Waals surface area contributed by atoms with Crippen LogP contribution in [0.25, 0.3) is 10.9 Å². The number of H-pyrrole nitrogens is 1. The second-order valence-electron chi connectivity index (χ2n) is 5.66. The van der Waals surface area contributed by atoms with Crippen LogP contribution in [0, 0.1) is 10.1 Å². The summed E-state index contributed by atoms with van der Waals surface area (Å²) in [5.41, 5.74) is 0.746. The van der Waals surface area contributed by atoms with E-state index in [1.807, 2.05) is 6.07 Å². The fraction of sp³-hybridized carbons (Fsp3) is 0.385. The minimum Gasteiger partial charge on any atom is -0.359 e. The lowest BCUT2D eigenvalue weighted by Crippen LogP contribution is -2.33. The Hall–Kier alpha value is -2.09. The van der Waals surface area contributed by atoms with Crippen molar-refractivity contribution in [3.05, 3.63) is 40.1 Å². The molecule has 21 heavy (non-hydrogen) atoms. The minimum atomic E-state index is -3.39. The second kappa shape index (κ2) is 5.03. The van der Waals surface area contributed by atoms with E-state index in [-0.39, 0.29) is 11.3 Å². The molecule has 1 aromatic carbocycles. The molecule has 2 N–H and O–H groups in total. The number of para-hydroxylation sites is 1. The smallest absolute Gasteiger partial charge is 0.229 e. The van der Waals surface area contributed by atoms with Crippen LogP contribution in [-0.2, 0) is 16.4 Å². The van der Waals surface area contributed by atoms with E-state index < -0.39 is 15.6 Å². The molecular formula is C13H17N3O4S. The predicted molar refractivity (Wildman–Crippen MR) is 81.5 cm³/mol. The molecule has 0 bridgehead atoms. The van der Waals surface area contributed by atoms with Crippen LogP contribution in [-0.4, -0.2) is 30.1 Å². The lowest BCUT2D eigenvalue weighted by Gasteiger charge is -2.14. The van der Waals surface area contributed by atoms with E-state index in [2.05, 4.69) is 9.71 Å². The van der Waals surface area contributed by atoms with Crippen LogP contribution < -0.4 is 4.72 Å². The molecule has 0 spiro atoms. The van der Waals surface area contributed by atoms with Crippen molar-refractivity contribution in [1.82, 2.24) is 4.98 Å². The number of hydrogen-bond acceptors (Lipinski definition) is 4. The van der Waals surface area contributed by atoms with E-state index in [1.165, 1.54) is 0 Å². The molecule has 1 aromatic heterocycles. The molecule has 0 atom stereocenters. The van der Waals surface area contributed by atoms with Gasteiger partial charge in [0.1, 0.15) is 0 Å². The van der Waals surface area contributed by atoms with Crippen LogP contribution >= 0.6 is 0 Å². The van der Waals surface area contributed by atoms with Gasteiger partial charge in [-0.15, -0.1) is 0 Å². The number of nitrogens with one attached hydrogen (secondary N) is 2. The van der Waals surface area contributed by atoms with Crippen molar-refractivity contribution in [3.63, 3.8) is 0 Å². The summed E-state index contributed by atoms with van der Waals surface area (Å²) in [6.07, 6.45) is 3.01. The molecule has 2 rings (SSSR count). The number of anilines is 1. The summed E-state index contributed by atoms with van der Waals surface area (Å²) >= 11 is 0. The van der Waals surface area contributed by atoms with Crippen LogP contribution in [0.2, 0.25) is 0 Å². The minimum absolute atomic E-state index is 0.252. The molecule has 0 radical (unpaired) electrons. The highest BCUT2D eigenvalue weighted by atomic mass is 32.2. The monoisotopic (exact) mass is 311 g/mol. The van der Waals surface area contributed by atoms with Gasteiger partial charge in [0.15, 0.2) is 0 Å². The Morgan fingerprint density at radius 1 is 1.38 bits per heavy atom. The maximum Gasteiger partial charge on any atom is 0.229 e. The van der Waals surface area contributed by atoms with Crippen LogP contribution in [0.15, 0.2) is 24.4 Å². The van der Waals surface area contributed by atoms with Crippen LogP contribution in [0.4, 0.5) is 5.69 Å². The van der Waals surface area contributed by atoms with Gasteiger partial charge in [-0.25, -0.2) is 8.42 Å². The molecule has 0 aliphatic heterocycles. The van der Waals surface area contributed by atoms with Crippen LogP contribution in [0.1, 0.15) is 19.4 Å². The number of sulfonamides is 1. The third-order valence-electron chi connectivity index (χ3n) is 3.21. The SMILES string of the molecule is CC(C)(Cc1c[nH]c2c(NS(C)(=O)=O)cccc12)[N+](=O)[O-]. The van der Waals surface area contributed by atoms with Crippen molar-refractivity contribution in [1.29, 1.82) is 0 Å². The zero-order valence-electron chi connectivity index (χ0n) is 12.0. The van der Waals surface area contributed by atoms with Gasteiger partial charge in [0, 0.05) is 36.8 Å². The zero-order valence-corrected chi connectivity index (χ0v) is 12.8. The lowest BCUT2D eigenvalue weighted by molar-refractivity contribution is -0.560. The number of aromatic nitrogens is 1. The Bertz CT molecular complexity index is 793. The van der Waals surface area contributed by atoms with E-state index in [0.717, 1.165) is 17.2 Å². The van der Waals surface area contributed by atoms with E-state index in [0.29, 0.717) is 11.2 Å². The van der Waals surface area contributed by atoms with Crippen LogP contribution in [0.5, 0.6) is 0 Å². The topological polar surface area (TPSA) is 105 Å². The van der Waals surface area contributed by atoms with E-state index >= 15 is 0 Å². The molecular weight excluding hydrogens is 294 g/mol. The summed E-state index contributed by atoms with van der Waals surface area (Å²) in [7, 11) is -3.39. The number of rotatable bonds is 5. The third kappa shape index (κ3) is 3.33. The highest BCUT2D eigenvalue weighted by Gasteiger charge is 2.32. The van der Waals surface area contributed by atoms with Crippen molar-refractivity contribution in [2.45, 2.75) is 25.8 Å². The maximum absolute atomic E-state index is 11.4. The first-order valence-corrected chi connectivity index (χ1v) is 8.20. The summed E-state index contributed by atoms with van der Waals surface area (Å²) in [6.45, 7) is 3.12. The van der Waals surface area contributed by atoms with Gasteiger partial charge in [0.25, 0.3) is 0 Å². The molecule has 0 amide bonds. The highest BCUT2D eigenvalue weighted by Crippen LogP contribution is 2.28. The number of aromatic amines is 1. The summed E-state index contributed by atoms with van der Waals surface area (Å²) in [5, 5.41) is 11.8. The number of benzene rings is 1. The Balaban J connectivity index is 2.46. The van der Waals surface area contributed by atoms with Gasteiger partial charge in [0.2, 0.25) is 15.6 Å².